The molecule has 0 fully saturated rings. The maximum Gasteiger partial charge on any atom is 0.293 e. The van der Waals surface area contributed by atoms with Crippen LogP contribution in [-0.2, 0) is 0 Å². The fourth-order valence-electron chi connectivity index (χ4n) is 1.26. The van der Waals surface area contributed by atoms with Gasteiger partial charge in [0.15, 0.2) is 0 Å². The lowest BCUT2D eigenvalue weighted by Gasteiger charge is -2.18. The average Bonchev–Trinajstić information content (AvgIpc) is 2.19. The summed E-state index contributed by atoms with van der Waals surface area (Å²) in [5, 5.41) is 0.485. The summed E-state index contributed by atoms with van der Waals surface area (Å²) in [4.78, 5) is 12.4. The minimum atomic E-state index is -0.216. The minimum Gasteiger partial charge on any atom is -0.495 e. The highest BCUT2D eigenvalue weighted by Crippen LogP contribution is 2.32. The molecule has 0 heterocycles. The summed E-state index contributed by atoms with van der Waals surface area (Å²) >= 11 is 8.86. The summed E-state index contributed by atoms with van der Waals surface area (Å²) in [5.74, 6) is 0.605. The Labute approximate surface area is 102 Å². The van der Waals surface area contributed by atoms with Crippen molar-refractivity contribution >= 4 is 38.0 Å². The smallest absolute Gasteiger partial charge is 0.293 e. The van der Waals surface area contributed by atoms with Crippen LogP contribution in [-0.4, -0.2) is 19.0 Å². The number of rotatable bonds is 2. The first-order valence-electron chi connectivity index (χ1n) is 4.24. The van der Waals surface area contributed by atoms with E-state index in [0.29, 0.717) is 10.8 Å². The van der Waals surface area contributed by atoms with Gasteiger partial charge in [-0.3, -0.25) is 4.79 Å². The van der Waals surface area contributed by atoms with Crippen LogP contribution in [0.4, 0.5) is 10.5 Å². The molecule has 3 nitrogen and oxygen atoms in total. The van der Waals surface area contributed by atoms with E-state index in [1.54, 1.807) is 26.3 Å². The van der Waals surface area contributed by atoms with E-state index in [1.807, 2.05) is 6.92 Å². The number of methoxy groups -OCH3 is 1. The third-order valence-corrected chi connectivity index (χ3v) is 2.92. The standard InChI is InChI=1S/C10H11BrClNO2/c1-6-4-9(15-3)7(12)5-8(6)13(2)10(11)14/h4-5H,1-3H3. The highest BCUT2D eigenvalue weighted by Gasteiger charge is 2.13. The third kappa shape index (κ3) is 2.63. The minimum absolute atomic E-state index is 0.216. The zero-order valence-electron chi connectivity index (χ0n) is 8.67. The Balaban J connectivity index is 3.21. The molecular formula is C10H11BrClNO2. The Kier molecular flexibility index (Phi) is 3.99. The van der Waals surface area contributed by atoms with Gasteiger partial charge in [-0.1, -0.05) is 11.6 Å². The van der Waals surface area contributed by atoms with Crippen LogP contribution in [0.25, 0.3) is 0 Å². The fourth-order valence-corrected chi connectivity index (χ4v) is 1.68. The summed E-state index contributed by atoms with van der Waals surface area (Å²) in [6.45, 7) is 1.89. The Hall–Kier alpha value is -0.740. The van der Waals surface area contributed by atoms with E-state index in [9.17, 15) is 4.79 Å². The number of hydrogen-bond donors (Lipinski definition) is 0. The number of benzene rings is 1. The van der Waals surface area contributed by atoms with Crippen molar-refractivity contribution in [2.24, 2.45) is 0 Å². The molecule has 0 aromatic heterocycles. The molecule has 15 heavy (non-hydrogen) atoms. The van der Waals surface area contributed by atoms with Gasteiger partial charge in [0.2, 0.25) is 0 Å². The predicted octanol–water partition coefficient (Wildman–Crippen LogP) is 3.61. The van der Waals surface area contributed by atoms with Crippen LogP contribution in [0.3, 0.4) is 0 Å². The van der Waals surface area contributed by atoms with Crippen LogP contribution >= 0.6 is 27.5 Å². The summed E-state index contributed by atoms with van der Waals surface area (Å²) in [6.07, 6.45) is 0. The number of hydrogen-bond acceptors (Lipinski definition) is 2. The summed E-state index contributed by atoms with van der Waals surface area (Å²) in [6, 6.07) is 3.50. The highest BCUT2D eigenvalue weighted by molar-refractivity contribution is 9.18. The van der Waals surface area contributed by atoms with Crippen molar-refractivity contribution in [3.8, 4) is 5.75 Å². The molecule has 0 atom stereocenters. The summed E-state index contributed by atoms with van der Waals surface area (Å²) in [7, 11) is 3.22. The van der Waals surface area contributed by atoms with Gasteiger partial charge in [0.1, 0.15) is 5.75 Å². The fraction of sp³-hybridized carbons (Fsp3) is 0.300. The number of amides is 1. The van der Waals surface area contributed by atoms with E-state index < -0.39 is 0 Å². The predicted molar refractivity (Wildman–Crippen MR) is 65.5 cm³/mol. The Morgan fingerprint density at radius 3 is 2.60 bits per heavy atom. The van der Waals surface area contributed by atoms with Crippen LogP contribution in [0.5, 0.6) is 5.75 Å². The SMILES string of the molecule is COc1cc(C)c(N(C)C(=O)Br)cc1Cl. The Morgan fingerprint density at radius 2 is 2.13 bits per heavy atom. The van der Waals surface area contributed by atoms with Gasteiger partial charge >= 0.3 is 0 Å². The molecule has 0 spiro atoms. The molecule has 1 rings (SSSR count). The van der Waals surface area contributed by atoms with Crippen LogP contribution in [0.15, 0.2) is 12.1 Å². The van der Waals surface area contributed by atoms with Gasteiger partial charge in [0, 0.05) is 28.7 Å². The second-order valence-electron chi connectivity index (χ2n) is 3.09. The molecule has 5 heteroatoms. The molecular weight excluding hydrogens is 281 g/mol. The van der Waals surface area contributed by atoms with E-state index >= 15 is 0 Å². The molecule has 0 saturated heterocycles. The molecule has 0 aliphatic heterocycles. The molecule has 0 radical (unpaired) electrons. The van der Waals surface area contributed by atoms with Gasteiger partial charge in [-0.05, 0) is 24.6 Å². The molecule has 0 unspecified atom stereocenters. The van der Waals surface area contributed by atoms with E-state index in [0.717, 1.165) is 11.3 Å². The second-order valence-corrected chi connectivity index (χ2v) is 4.17. The Bertz CT molecular complexity index is 395. The molecule has 0 aliphatic carbocycles. The normalized spacial score (nSPS) is 9.93. The van der Waals surface area contributed by atoms with E-state index in [2.05, 4.69) is 15.9 Å². The topological polar surface area (TPSA) is 29.5 Å². The number of anilines is 1. The van der Waals surface area contributed by atoms with Crippen molar-refractivity contribution in [1.29, 1.82) is 0 Å². The zero-order chi connectivity index (χ0) is 11.6. The maximum absolute atomic E-state index is 11.1. The van der Waals surface area contributed by atoms with Gasteiger partial charge in [0.05, 0.1) is 12.1 Å². The van der Waals surface area contributed by atoms with E-state index in [1.165, 1.54) is 4.90 Å². The van der Waals surface area contributed by atoms with Crippen molar-refractivity contribution in [2.75, 3.05) is 19.1 Å². The third-order valence-electron chi connectivity index (χ3n) is 2.10. The lowest BCUT2D eigenvalue weighted by molar-refractivity contribution is 0.267. The first kappa shape index (κ1) is 12.3. The van der Waals surface area contributed by atoms with E-state index in [4.69, 9.17) is 16.3 Å². The number of carbonyl (C=O) groups is 1. The molecule has 0 aliphatic rings. The molecule has 1 aromatic carbocycles. The monoisotopic (exact) mass is 291 g/mol. The lowest BCUT2D eigenvalue weighted by atomic mass is 10.2. The second kappa shape index (κ2) is 4.86. The van der Waals surface area contributed by atoms with Crippen LogP contribution in [0, 0.1) is 6.92 Å². The number of nitrogens with zero attached hydrogens (tertiary/aromatic N) is 1. The van der Waals surface area contributed by atoms with Gasteiger partial charge < -0.3 is 9.64 Å². The van der Waals surface area contributed by atoms with Crippen LogP contribution in [0.2, 0.25) is 5.02 Å². The quantitative estimate of drug-likeness (QED) is 0.615. The average molecular weight is 293 g/mol. The van der Waals surface area contributed by atoms with Crippen LogP contribution < -0.4 is 9.64 Å². The first-order chi connectivity index (χ1) is 6.97. The summed E-state index contributed by atoms with van der Waals surface area (Å²) in [5.41, 5.74) is 1.68. The number of halogens is 2. The Morgan fingerprint density at radius 1 is 1.53 bits per heavy atom. The number of aryl methyl sites for hydroxylation is 1. The van der Waals surface area contributed by atoms with Crippen molar-refractivity contribution in [3.63, 3.8) is 0 Å². The molecule has 82 valence electrons. The first-order valence-corrected chi connectivity index (χ1v) is 5.41. The van der Waals surface area contributed by atoms with Gasteiger partial charge in [-0.2, -0.15) is 0 Å². The van der Waals surface area contributed by atoms with Crippen molar-refractivity contribution in [1.82, 2.24) is 0 Å². The van der Waals surface area contributed by atoms with Gasteiger partial charge in [-0.15, -0.1) is 0 Å². The zero-order valence-corrected chi connectivity index (χ0v) is 11.0. The maximum atomic E-state index is 11.1. The van der Waals surface area contributed by atoms with Crippen LogP contribution in [0.1, 0.15) is 5.56 Å². The molecule has 1 amide bonds. The molecule has 1 aromatic rings. The van der Waals surface area contributed by atoms with E-state index in [-0.39, 0.29) is 4.82 Å². The highest BCUT2D eigenvalue weighted by atomic mass is 79.9. The molecule has 0 N–H and O–H groups in total. The van der Waals surface area contributed by atoms with Crippen molar-refractivity contribution in [3.05, 3.63) is 22.7 Å². The van der Waals surface area contributed by atoms with Crippen molar-refractivity contribution in [2.45, 2.75) is 6.92 Å². The molecule has 0 bridgehead atoms. The van der Waals surface area contributed by atoms with Gasteiger partial charge in [0.25, 0.3) is 4.82 Å². The van der Waals surface area contributed by atoms with Crippen molar-refractivity contribution < 1.29 is 9.53 Å². The largest absolute Gasteiger partial charge is 0.495 e. The van der Waals surface area contributed by atoms with Gasteiger partial charge in [-0.25, -0.2) is 0 Å². The summed E-state index contributed by atoms with van der Waals surface area (Å²) < 4.78 is 5.07. The lowest BCUT2D eigenvalue weighted by Crippen LogP contribution is -2.20. The number of carbonyl (C=O) groups excluding carboxylic acids is 1. The molecule has 0 saturated carbocycles. The number of ether oxygens (including phenoxy) is 1.